The number of ketones is 1. The van der Waals surface area contributed by atoms with E-state index in [-0.39, 0.29) is 5.78 Å². The smallest absolute Gasteiger partial charge is 0.270 e. The Morgan fingerprint density at radius 3 is 2.46 bits per heavy atom. The number of hydrogen-bond donors (Lipinski definition) is 1. The van der Waals surface area contributed by atoms with Crippen LogP contribution in [0.5, 0.6) is 0 Å². The third-order valence-corrected chi connectivity index (χ3v) is 4.80. The molecule has 0 radical (unpaired) electrons. The van der Waals surface area contributed by atoms with Crippen molar-refractivity contribution in [2.45, 2.75) is 32.7 Å². The lowest BCUT2D eigenvalue weighted by molar-refractivity contribution is -0.692. The molecule has 24 heavy (non-hydrogen) atoms. The molecule has 1 heterocycles. The summed E-state index contributed by atoms with van der Waals surface area (Å²) in [6, 6.07) is 11.0. The van der Waals surface area contributed by atoms with E-state index in [2.05, 4.69) is 40.3 Å². The van der Waals surface area contributed by atoms with E-state index in [9.17, 15) is 4.79 Å². The molecule has 0 fully saturated rings. The van der Waals surface area contributed by atoms with Crippen molar-refractivity contribution in [3.63, 3.8) is 0 Å². The maximum Gasteiger partial charge on any atom is 0.270 e. The van der Waals surface area contributed by atoms with Crippen molar-refractivity contribution in [2.24, 2.45) is 0 Å². The molecule has 5 heteroatoms. The Balaban J connectivity index is 2.39. The average Bonchev–Trinajstić information content (AvgIpc) is 2.57. The van der Waals surface area contributed by atoms with Gasteiger partial charge in [-0.25, -0.2) is 0 Å². The predicted molar refractivity (Wildman–Crippen MR) is 104 cm³/mol. The number of halogens is 1. The first-order chi connectivity index (χ1) is 11.6. The van der Waals surface area contributed by atoms with Crippen molar-refractivity contribution in [1.82, 2.24) is 5.32 Å². The van der Waals surface area contributed by atoms with Crippen molar-refractivity contribution in [3.05, 3.63) is 64.4 Å². The summed E-state index contributed by atoms with van der Waals surface area (Å²) in [5, 5.41) is 3.13. The number of nitrogens with zero attached hydrogens (tertiary/aromatic N) is 1. The molecule has 1 aromatic heterocycles. The number of thiocarbonyl (C=S) groups is 1. The second-order valence-electron chi connectivity index (χ2n) is 5.54. The van der Waals surface area contributed by atoms with Gasteiger partial charge in [0.1, 0.15) is 0 Å². The van der Waals surface area contributed by atoms with E-state index < -0.39 is 6.04 Å². The monoisotopic (exact) mass is 405 g/mol. The van der Waals surface area contributed by atoms with Gasteiger partial charge in [-0.15, -0.1) is 0 Å². The molecule has 126 valence electrons. The molecule has 0 aliphatic carbocycles. The predicted octanol–water partition coefficient (Wildman–Crippen LogP) is 4.05. The molecule has 3 nitrogen and oxygen atoms in total. The van der Waals surface area contributed by atoms with E-state index in [1.807, 2.05) is 48.1 Å². The summed E-state index contributed by atoms with van der Waals surface area (Å²) >= 11 is 8.96. The van der Waals surface area contributed by atoms with Crippen LogP contribution in [0.25, 0.3) is 0 Å². The lowest BCUT2D eigenvalue weighted by Crippen LogP contribution is -2.51. The molecule has 1 N–H and O–H groups in total. The van der Waals surface area contributed by atoms with Crippen molar-refractivity contribution < 1.29 is 9.36 Å². The van der Waals surface area contributed by atoms with E-state index in [0.29, 0.717) is 17.1 Å². The lowest BCUT2D eigenvalue weighted by Gasteiger charge is -2.15. The fourth-order valence-corrected chi connectivity index (χ4v) is 3.42. The van der Waals surface area contributed by atoms with Crippen molar-refractivity contribution >= 4 is 38.9 Å². The molecule has 0 amide bonds. The van der Waals surface area contributed by atoms with E-state index in [4.69, 9.17) is 12.2 Å². The molecule has 2 aromatic rings. The number of likely N-dealkylation sites (N-methyl/N-ethyl adjacent to an activating group) is 1. The van der Waals surface area contributed by atoms with Crippen molar-refractivity contribution in [2.75, 3.05) is 6.54 Å². The first-order valence-corrected chi connectivity index (χ1v) is 9.34. The Labute approximate surface area is 157 Å². The standard InChI is InChI=1S/C19H21BrN2OS/c1-3-7-14-10-12-22(13-11-14)17(19(24)21-4-2)18(23)15-8-5-6-9-16(15)20/h5-6,8-13,17H,3-4,7H2,1-2H3/p+1/t17-/m1/s1. The van der Waals surface area contributed by atoms with E-state index in [1.54, 1.807) is 0 Å². The molecule has 1 aromatic carbocycles. The first-order valence-electron chi connectivity index (χ1n) is 8.14. The van der Waals surface area contributed by atoms with Crippen LogP contribution in [0, 0.1) is 0 Å². The van der Waals surface area contributed by atoms with Crippen LogP contribution in [0.3, 0.4) is 0 Å². The van der Waals surface area contributed by atoms with Crippen LogP contribution in [0.4, 0.5) is 0 Å². The fourth-order valence-electron chi connectivity index (χ4n) is 2.57. The van der Waals surface area contributed by atoms with Gasteiger partial charge in [-0.1, -0.05) is 53.6 Å². The highest BCUT2D eigenvalue weighted by Gasteiger charge is 2.33. The summed E-state index contributed by atoms with van der Waals surface area (Å²) in [7, 11) is 0. The highest BCUT2D eigenvalue weighted by atomic mass is 79.9. The first kappa shape index (κ1) is 18.7. The van der Waals surface area contributed by atoms with Crippen molar-refractivity contribution in [3.8, 4) is 0 Å². The van der Waals surface area contributed by atoms with Crippen LogP contribution in [0.2, 0.25) is 0 Å². The van der Waals surface area contributed by atoms with Crippen LogP contribution in [-0.4, -0.2) is 17.3 Å². The van der Waals surface area contributed by atoms with Gasteiger partial charge < -0.3 is 5.32 Å². The number of aromatic nitrogens is 1. The Kier molecular flexibility index (Phi) is 7.06. The second kappa shape index (κ2) is 9.04. The quantitative estimate of drug-likeness (QED) is 0.428. The van der Waals surface area contributed by atoms with Crippen LogP contribution < -0.4 is 9.88 Å². The maximum atomic E-state index is 13.1. The topological polar surface area (TPSA) is 33.0 Å². The maximum absolute atomic E-state index is 13.1. The normalized spacial score (nSPS) is 11.8. The summed E-state index contributed by atoms with van der Waals surface area (Å²) < 4.78 is 2.66. The van der Waals surface area contributed by atoms with Gasteiger partial charge in [-0.2, -0.15) is 4.57 Å². The van der Waals surface area contributed by atoms with Crippen LogP contribution in [0.1, 0.15) is 42.2 Å². The number of carbonyl (C=O) groups excluding carboxylic acids is 1. The van der Waals surface area contributed by atoms with Gasteiger partial charge >= 0.3 is 0 Å². The van der Waals surface area contributed by atoms with E-state index >= 15 is 0 Å². The van der Waals surface area contributed by atoms with Crippen LogP contribution >= 0.6 is 28.1 Å². The number of carbonyl (C=O) groups is 1. The summed E-state index contributed by atoms with van der Waals surface area (Å²) in [4.78, 5) is 13.6. The zero-order chi connectivity index (χ0) is 17.5. The Morgan fingerprint density at radius 1 is 1.21 bits per heavy atom. The zero-order valence-electron chi connectivity index (χ0n) is 14.0. The summed E-state index contributed by atoms with van der Waals surface area (Å²) in [5.41, 5.74) is 1.89. The van der Waals surface area contributed by atoms with Gasteiger partial charge in [0.05, 0.1) is 0 Å². The number of benzene rings is 1. The molecule has 0 unspecified atom stereocenters. The number of Topliss-reactive ketones (excluding diaryl/α,β-unsaturated/α-hetero) is 1. The zero-order valence-corrected chi connectivity index (χ0v) is 16.4. The summed E-state index contributed by atoms with van der Waals surface area (Å²) in [6.45, 7) is 4.81. The van der Waals surface area contributed by atoms with Crippen molar-refractivity contribution in [1.29, 1.82) is 0 Å². The molecule has 0 saturated carbocycles. The van der Waals surface area contributed by atoms with Gasteiger partial charge in [0.25, 0.3) is 6.04 Å². The number of pyridine rings is 1. The minimum atomic E-state index is -0.547. The molecular weight excluding hydrogens is 384 g/mol. The molecule has 0 spiro atoms. The number of hydrogen-bond acceptors (Lipinski definition) is 2. The lowest BCUT2D eigenvalue weighted by atomic mass is 10.0. The van der Waals surface area contributed by atoms with Gasteiger partial charge in [-0.05, 0) is 31.0 Å². The minimum Gasteiger partial charge on any atom is -0.374 e. The molecule has 1 atom stereocenters. The summed E-state index contributed by atoms with van der Waals surface area (Å²) in [5.74, 6) is -0.0262. The summed E-state index contributed by atoms with van der Waals surface area (Å²) in [6.07, 6.45) is 6.00. The highest BCUT2D eigenvalue weighted by Crippen LogP contribution is 2.20. The van der Waals surface area contributed by atoms with E-state index in [1.165, 1.54) is 5.56 Å². The number of aryl methyl sites for hydroxylation is 1. The van der Waals surface area contributed by atoms with E-state index in [0.717, 1.165) is 17.3 Å². The molecule has 0 saturated heterocycles. The number of rotatable bonds is 7. The highest BCUT2D eigenvalue weighted by molar-refractivity contribution is 9.10. The molecular formula is C19H22BrN2OS+. The van der Waals surface area contributed by atoms with Crippen LogP contribution in [-0.2, 0) is 6.42 Å². The molecule has 2 rings (SSSR count). The van der Waals surface area contributed by atoms with Gasteiger partial charge in [0.2, 0.25) is 5.78 Å². The fraction of sp³-hybridized carbons (Fsp3) is 0.316. The Bertz CT molecular complexity index is 716. The average molecular weight is 406 g/mol. The Hall–Kier alpha value is -1.59. The Morgan fingerprint density at radius 2 is 1.88 bits per heavy atom. The third kappa shape index (κ3) is 4.48. The van der Waals surface area contributed by atoms with Gasteiger partial charge in [-0.3, -0.25) is 4.79 Å². The van der Waals surface area contributed by atoms with Gasteiger partial charge in [0.15, 0.2) is 17.4 Å². The molecule has 0 aliphatic rings. The SMILES string of the molecule is CCCc1cc[n+]([C@H](C(=O)c2ccccc2Br)C(=S)NCC)cc1. The third-order valence-electron chi connectivity index (χ3n) is 3.75. The second-order valence-corrected chi connectivity index (χ2v) is 6.84. The molecule has 0 aliphatic heterocycles. The minimum absolute atomic E-state index is 0.0262. The van der Waals surface area contributed by atoms with Gasteiger partial charge in [0, 0.05) is 28.7 Å². The van der Waals surface area contributed by atoms with Crippen LogP contribution in [0.15, 0.2) is 53.3 Å². The molecule has 0 bridgehead atoms. The number of nitrogens with one attached hydrogen (secondary N) is 1. The largest absolute Gasteiger partial charge is 0.374 e.